The molecule has 0 radical (unpaired) electrons. The van der Waals surface area contributed by atoms with Crippen LogP contribution in [0.15, 0.2) is 46.4 Å². The average molecular weight is 432 g/mol. The molecule has 2 heterocycles. The molecule has 0 saturated carbocycles. The Morgan fingerprint density at radius 1 is 1.33 bits per heavy atom. The van der Waals surface area contributed by atoms with Crippen LogP contribution in [0.5, 0.6) is 0 Å². The molecule has 9 nitrogen and oxygen atoms in total. The number of thioether (sulfide) groups is 1. The number of nitro benzene ring substituents is 1. The third-order valence-electron chi connectivity index (χ3n) is 5.23. The van der Waals surface area contributed by atoms with Gasteiger partial charge in [-0.25, -0.2) is 4.79 Å². The van der Waals surface area contributed by atoms with Crippen LogP contribution in [0.3, 0.4) is 0 Å². The third-order valence-corrected chi connectivity index (χ3v) is 6.26. The van der Waals surface area contributed by atoms with Crippen LogP contribution in [0.1, 0.15) is 19.4 Å². The molecule has 1 unspecified atom stereocenters. The molecule has 0 aliphatic carbocycles. The quantitative estimate of drug-likeness (QED) is 0.276. The largest absolute Gasteiger partial charge is 0.477 e. The number of amides is 1. The summed E-state index contributed by atoms with van der Waals surface area (Å²) < 4.78 is 0. The first-order valence-corrected chi connectivity index (χ1v) is 10.1. The lowest BCUT2D eigenvalue weighted by Gasteiger charge is -2.47. The SMILES string of the molecule is CC(=O)C=CSC1=C(C(=O)O)N2C(=O)[C@@H]([C@H](C)O)[C@@H]2C1Cc1ccc([N+](=O)[O-])cc1. The zero-order valence-electron chi connectivity index (χ0n) is 16.2. The number of carbonyl (C=O) groups is 3. The molecule has 2 aliphatic heterocycles. The van der Waals surface area contributed by atoms with Gasteiger partial charge < -0.3 is 15.1 Å². The molecule has 1 fully saturated rings. The van der Waals surface area contributed by atoms with Crippen molar-refractivity contribution in [3.8, 4) is 0 Å². The highest BCUT2D eigenvalue weighted by atomic mass is 32.2. The number of nitrogens with zero attached hydrogens (tertiary/aromatic N) is 2. The number of hydrogen-bond acceptors (Lipinski definition) is 7. The molecule has 0 aromatic heterocycles. The Morgan fingerprint density at radius 3 is 2.47 bits per heavy atom. The van der Waals surface area contributed by atoms with Gasteiger partial charge in [-0.15, -0.1) is 0 Å². The molecule has 1 aromatic carbocycles. The van der Waals surface area contributed by atoms with Crippen molar-refractivity contribution in [2.24, 2.45) is 11.8 Å². The molecule has 2 aliphatic rings. The molecular formula is C20H20N2O7S. The number of hydrogen-bond donors (Lipinski definition) is 2. The Labute approximate surface area is 176 Å². The van der Waals surface area contributed by atoms with Crippen LogP contribution in [-0.2, 0) is 20.8 Å². The van der Waals surface area contributed by atoms with Gasteiger partial charge in [-0.3, -0.25) is 19.7 Å². The number of non-ortho nitro benzene ring substituents is 1. The van der Waals surface area contributed by atoms with Crippen LogP contribution in [-0.4, -0.2) is 49.8 Å². The van der Waals surface area contributed by atoms with E-state index in [0.29, 0.717) is 11.3 Å². The van der Waals surface area contributed by atoms with E-state index in [1.165, 1.54) is 42.4 Å². The van der Waals surface area contributed by atoms with E-state index >= 15 is 0 Å². The lowest BCUT2D eigenvalue weighted by molar-refractivity contribution is -0.384. The summed E-state index contributed by atoms with van der Waals surface area (Å²) in [5.41, 5.74) is 0.523. The molecule has 4 atom stereocenters. The number of ketones is 1. The van der Waals surface area contributed by atoms with Crippen LogP contribution in [0, 0.1) is 22.0 Å². The Kier molecular flexibility index (Phi) is 6.09. The van der Waals surface area contributed by atoms with E-state index in [9.17, 15) is 34.7 Å². The fourth-order valence-electron chi connectivity index (χ4n) is 3.94. The number of carbonyl (C=O) groups excluding carboxylic acids is 2. The Bertz CT molecular complexity index is 968. The van der Waals surface area contributed by atoms with Gasteiger partial charge in [0.25, 0.3) is 5.69 Å². The van der Waals surface area contributed by atoms with Gasteiger partial charge in [-0.1, -0.05) is 23.9 Å². The molecule has 158 valence electrons. The monoisotopic (exact) mass is 432 g/mol. The van der Waals surface area contributed by atoms with Crippen LogP contribution in [0.4, 0.5) is 5.69 Å². The van der Waals surface area contributed by atoms with Crippen molar-refractivity contribution in [1.82, 2.24) is 4.90 Å². The summed E-state index contributed by atoms with van der Waals surface area (Å²) in [4.78, 5) is 47.7. The fourth-order valence-corrected chi connectivity index (χ4v) is 5.04. The number of aliphatic carboxylic acids is 1. The van der Waals surface area contributed by atoms with Crippen molar-refractivity contribution in [2.75, 3.05) is 0 Å². The van der Waals surface area contributed by atoms with Gasteiger partial charge in [-0.2, -0.15) is 0 Å². The summed E-state index contributed by atoms with van der Waals surface area (Å²) >= 11 is 1.06. The van der Waals surface area contributed by atoms with Crippen molar-refractivity contribution < 1.29 is 29.5 Å². The van der Waals surface area contributed by atoms with Gasteiger partial charge in [0.2, 0.25) is 5.91 Å². The van der Waals surface area contributed by atoms with Crippen molar-refractivity contribution >= 4 is 35.1 Å². The zero-order valence-corrected chi connectivity index (χ0v) is 17.0. The summed E-state index contributed by atoms with van der Waals surface area (Å²) in [6.45, 7) is 2.86. The van der Waals surface area contributed by atoms with Gasteiger partial charge in [0.15, 0.2) is 5.78 Å². The standard InChI is InChI=1S/C20H20N2O7S/c1-10(23)7-8-30-18-14(9-12-3-5-13(6-4-12)22(28)29)16-15(11(2)24)19(25)21(16)17(18)20(26)27/h3-8,11,14-16,24H,9H2,1-2H3,(H,26,27)/t11-,14?,15-,16-/m0/s1. The van der Waals surface area contributed by atoms with Gasteiger partial charge >= 0.3 is 5.97 Å². The normalized spacial score (nSPS) is 24.0. The number of aliphatic hydroxyl groups excluding tert-OH is 1. The van der Waals surface area contributed by atoms with Gasteiger partial charge in [-0.05, 0) is 37.3 Å². The first kappa shape index (κ1) is 21.7. The molecule has 0 spiro atoms. The fraction of sp³-hybridized carbons (Fsp3) is 0.350. The third kappa shape index (κ3) is 3.88. The average Bonchev–Trinajstić information content (AvgIpc) is 2.91. The van der Waals surface area contributed by atoms with Crippen molar-refractivity contribution in [2.45, 2.75) is 32.4 Å². The number of nitro groups is 1. The number of fused-ring (bicyclic) bond motifs is 1. The summed E-state index contributed by atoms with van der Waals surface area (Å²) in [7, 11) is 0. The zero-order chi connectivity index (χ0) is 22.2. The lowest BCUT2D eigenvalue weighted by atomic mass is 9.76. The van der Waals surface area contributed by atoms with Crippen LogP contribution >= 0.6 is 11.8 Å². The van der Waals surface area contributed by atoms with E-state index < -0.39 is 40.8 Å². The maximum absolute atomic E-state index is 12.6. The second-order valence-corrected chi connectivity index (χ2v) is 8.20. The minimum absolute atomic E-state index is 0.0618. The second kappa shape index (κ2) is 8.41. The number of allylic oxidation sites excluding steroid dienone is 1. The van der Waals surface area contributed by atoms with E-state index in [2.05, 4.69) is 0 Å². The van der Waals surface area contributed by atoms with Gasteiger partial charge in [0, 0.05) is 23.0 Å². The van der Waals surface area contributed by atoms with Crippen LogP contribution in [0.2, 0.25) is 0 Å². The number of aliphatic hydroxyl groups is 1. The van der Waals surface area contributed by atoms with Crippen molar-refractivity contribution in [3.05, 3.63) is 62.0 Å². The van der Waals surface area contributed by atoms with Gasteiger partial charge in [0.05, 0.1) is 23.0 Å². The number of benzene rings is 1. The maximum Gasteiger partial charge on any atom is 0.353 e. The van der Waals surface area contributed by atoms with Crippen LogP contribution < -0.4 is 0 Å². The number of rotatable bonds is 8. The molecule has 30 heavy (non-hydrogen) atoms. The summed E-state index contributed by atoms with van der Waals surface area (Å²) in [6, 6.07) is 5.38. The number of carboxylic acid groups (broad SMARTS) is 1. The molecule has 1 amide bonds. The molecule has 0 bridgehead atoms. The van der Waals surface area contributed by atoms with E-state index in [-0.39, 0.29) is 17.2 Å². The number of β-lactam (4-membered cyclic amide) rings is 1. The van der Waals surface area contributed by atoms with Crippen molar-refractivity contribution in [1.29, 1.82) is 0 Å². The van der Waals surface area contributed by atoms with E-state index in [1.807, 2.05) is 0 Å². The molecule has 2 N–H and O–H groups in total. The van der Waals surface area contributed by atoms with E-state index in [1.54, 1.807) is 12.1 Å². The Morgan fingerprint density at radius 2 is 1.97 bits per heavy atom. The molecule has 1 aromatic rings. The Balaban J connectivity index is 2.00. The van der Waals surface area contributed by atoms with Gasteiger partial charge in [0.1, 0.15) is 5.70 Å². The minimum Gasteiger partial charge on any atom is -0.477 e. The van der Waals surface area contributed by atoms with E-state index in [0.717, 1.165) is 17.3 Å². The second-order valence-electron chi connectivity index (χ2n) is 7.25. The first-order valence-electron chi connectivity index (χ1n) is 9.19. The van der Waals surface area contributed by atoms with Crippen molar-refractivity contribution in [3.63, 3.8) is 0 Å². The summed E-state index contributed by atoms with van der Waals surface area (Å²) in [5, 5.41) is 32.2. The topological polar surface area (TPSA) is 138 Å². The maximum atomic E-state index is 12.6. The number of carboxylic acids is 1. The predicted molar refractivity (Wildman–Crippen MR) is 108 cm³/mol. The molecule has 1 saturated heterocycles. The molecule has 3 rings (SSSR count). The minimum atomic E-state index is -1.26. The van der Waals surface area contributed by atoms with E-state index in [4.69, 9.17) is 0 Å². The first-order chi connectivity index (χ1) is 14.1. The highest BCUT2D eigenvalue weighted by Crippen LogP contribution is 2.52. The molecular weight excluding hydrogens is 412 g/mol. The Hall–Kier alpha value is -2.98. The van der Waals surface area contributed by atoms with Crippen LogP contribution in [0.25, 0.3) is 0 Å². The predicted octanol–water partition coefficient (Wildman–Crippen LogP) is 2.11. The molecule has 10 heteroatoms. The highest BCUT2D eigenvalue weighted by molar-refractivity contribution is 8.05. The highest BCUT2D eigenvalue weighted by Gasteiger charge is 2.61. The lowest BCUT2D eigenvalue weighted by Crippen LogP contribution is -2.64. The summed E-state index contributed by atoms with van der Waals surface area (Å²) in [6.07, 6.45) is 0.678. The summed E-state index contributed by atoms with van der Waals surface area (Å²) in [5.74, 6) is -3.09. The smallest absolute Gasteiger partial charge is 0.353 e.